The number of benzene rings is 2. The summed E-state index contributed by atoms with van der Waals surface area (Å²) in [6, 6.07) is 16.6. The molecule has 0 bridgehead atoms. The average molecular weight is 492 g/mol. The van der Waals surface area contributed by atoms with E-state index in [2.05, 4.69) is 25.9 Å². The molecule has 8 nitrogen and oxygen atoms in total. The molecule has 1 aliphatic rings. The standard InChI is InChI=1S/C26H29N5O3S/c1-17-12-18(2)29-26(28-17)35-16-24(32)30-20-7-3-6-19(13-20)15-34-22-9-4-8-21(14-22)31-25(33)23-10-5-11-27-23/h3-4,6-9,12-14,23,27H,5,10-11,15-16H2,1-2H3,(H,30,32)(H,31,33). The monoisotopic (exact) mass is 491 g/mol. The van der Waals surface area contributed by atoms with Crippen LogP contribution < -0.4 is 20.7 Å². The van der Waals surface area contributed by atoms with E-state index in [1.54, 1.807) is 0 Å². The Morgan fingerprint density at radius 3 is 2.51 bits per heavy atom. The zero-order valence-electron chi connectivity index (χ0n) is 19.8. The van der Waals surface area contributed by atoms with Crippen molar-refractivity contribution < 1.29 is 14.3 Å². The van der Waals surface area contributed by atoms with Crippen molar-refractivity contribution in [2.75, 3.05) is 22.9 Å². The van der Waals surface area contributed by atoms with E-state index in [4.69, 9.17) is 4.74 Å². The summed E-state index contributed by atoms with van der Waals surface area (Å²) in [5.41, 5.74) is 4.08. The fraction of sp³-hybridized carbons (Fsp3) is 0.308. The molecule has 1 saturated heterocycles. The Kier molecular flexibility index (Phi) is 8.33. The molecule has 2 amide bonds. The first kappa shape index (κ1) is 24.7. The predicted molar refractivity (Wildman–Crippen MR) is 138 cm³/mol. The second kappa shape index (κ2) is 11.8. The molecule has 182 valence electrons. The molecule has 0 spiro atoms. The highest BCUT2D eigenvalue weighted by Crippen LogP contribution is 2.21. The van der Waals surface area contributed by atoms with E-state index in [1.807, 2.05) is 68.4 Å². The van der Waals surface area contributed by atoms with Crippen LogP contribution in [-0.4, -0.2) is 40.1 Å². The molecule has 1 atom stereocenters. The van der Waals surface area contributed by atoms with Crippen molar-refractivity contribution in [3.63, 3.8) is 0 Å². The minimum absolute atomic E-state index is 0.0228. The SMILES string of the molecule is Cc1cc(C)nc(SCC(=O)Nc2cccc(COc3cccc(NC(=O)C4CCCN4)c3)c2)n1. The molecule has 0 saturated carbocycles. The Balaban J connectivity index is 1.28. The first-order valence-corrected chi connectivity index (χ1v) is 12.5. The number of carbonyl (C=O) groups excluding carboxylic acids is 2. The van der Waals surface area contributed by atoms with Crippen LogP contribution in [0.3, 0.4) is 0 Å². The number of aromatic nitrogens is 2. The quantitative estimate of drug-likeness (QED) is 0.306. The third-order valence-corrected chi connectivity index (χ3v) is 6.24. The molecule has 0 aliphatic carbocycles. The molecule has 2 aromatic carbocycles. The summed E-state index contributed by atoms with van der Waals surface area (Å²) in [6.45, 7) is 5.02. The summed E-state index contributed by atoms with van der Waals surface area (Å²) in [5.74, 6) is 0.723. The van der Waals surface area contributed by atoms with Crippen molar-refractivity contribution in [2.45, 2.75) is 44.5 Å². The molecule has 1 aromatic heterocycles. The normalized spacial score (nSPS) is 15.0. The molecule has 4 rings (SSSR count). The van der Waals surface area contributed by atoms with Crippen molar-refractivity contribution in [2.24, 2.45) is 0 Å². The highest BCUT2D eigenvalue weighted by atomic mass is 32.2. The average Bonchev–Trinajstić information content (AvgIpc) is 3.37. The Morgan fingerprint density at radius 2 is 1.77 bits per heavy atom. The van der Waals surface area contributed by atoms with Crippen LogP contribution in [0.2, 0.25) is 0 Å². The maximum atomic E-state index is 12.4. The third kappa shape index (κ3) is 7.53. The van der Waals surface area contributed by atoms with E-state index in [9.17, 15) is 9.59 Å². The van der Waals surface area contributed by atoms with Crippen LogP contribution in [0.1, 0.15) is 29.8 Å². The van der Waals surface area contributed by atoms with Gasteiger partial charge in [-0.1, -0.05) is 30.0 Å². The van der Waals surface area contributed by atoms with E-state index in [0.29, 0.717) is 28.9 Å². The smallest absolute Gasteiger partial charge is 0.241 e. The van der Waals surface area contributed by atoms with Gasteiger partial charge in [0.05, 0.1) is 11.8 Å². The fourth-order valence-electron chi connectivity index (χ4n) is 3.79. The third-order valence-electron chi connectivity index (χ3n) is 5.39. The van der Waals surface area contributed by atoms with Crippen molar-refractivity contribution in [3.8, 4) is 5.75 Å². The number of anilines is 2. The lowest BCUT2D eigenvalue weighted by Crippen LogP contribution is -2.35. The van der Waals surface area contributed by atoms with Crippen LogP contribution in [0, 0.1) is 13.8 Å². The Bertz CT molecular complexity index is 1180. The number of hydrogen-bond acceptors (Lipinski definition) is 7. The van der Waals surface area contributed by atoms with Gasteiger partial charge < -0.3 is 20.7 Å². The molecule has 1 fully saturated rings. The van der Waals surface area contributed by atoms with E-state index in [0.717, 1.165) is 36.3 Å². The number of nitrogens with zero attached hydrogens (tertiary/aromatic N) is 2. The van der Waals surface area contributed by atoms with Crippen LogP contribution in [-0.2, 0) is 16.2 Å². The van der Waals surface area contributed by atoms with Crippen molar-refractivity contribution in [1.82, 2.24) is 15.3 Å². The van der Waals surface area contributed by atoms with E-state index < -0.39 is 0 Å². The molecule has 35 heavy (non-hydrogen) atoms. The number of nitrogens with one attached hydrogen (secondary N) is 3. The van der Waals surface area contributed by atoms with Gasteiger partial charge in [-0.3, -0.25) is 9.59 Å². The zero-order chi connectivity index (χ0) is 24.6. The number of aryl methyl sites for hydroxylation is 2. The molecule has 9 heteroatoms. The number of ether oxygens (including phenoxy) is 1. The number of amides is 2. The molecule has 0 radical (unpaired) electrons. The van der Waals surface area contributed by atoms with Crippen LogP contribution in [0.25, 0.3) is 0 Å². The molecule has 1 aliphatic heterocycles. The van der Waals surface area contributed by atoms with Gasteiger partial charge in [-0.2, -0.15) is 0 Å². The maximum Gasteiger partial charge on any atom is 0.241 e. The summed E-state index contributed by atoms with van der Waals surface area (Å²) in [5, 5.41) is 9.65. The summed E-state index contributed by atoms with van der Waals surface area (Å²) in [4.78, 5) is 33.4. The Labute approximate surface area is 209 Å². The summed E-state index contributed by atoms with van der Waals surface area (Å²) in [6.07, 6.45) is 1.87. The number of hydrogen-bond donors (Lipinski definition) is 3. The van der Waals surface area contributed by atoms with E-state index >= 15 is 0 Å². The fourth-order valence-corrected chi connectivity index (χ4v) is 4.54. The molecule has 3 N–H and O–H groups in total. The van der Waals surface area contributed by atoms with Gasteiger partial charge in [0.1, 0.15) is 12.4 Å². The van der Waals surface area contributed by atoms with Crippen molar-refractivity contribution in [1.29, 1.82) is 0 Å². The second-order valence-corrected chi connectivity index (χ2v) is 9.37. The largest absolute Gasteiger partial charge is 0.489 e. The minimum atomic E-state index is -0.135. The lowest BCUT2D eigenvalue weighted by molar-refractivity contribution is -0.117. The molecule has 3 aromatic rings. The lowest BCUT2D eigenvalue weighted by Gasteiger charge is -2.13. The predicted octanol–water partition coefficient (Wildman–Crippen LogP) is 4.09. The van der Waals surface area contributed by atoms with Gasteiger partial charge >= 0.3 is 0 Å². The Morgan fingerprint density at radius 1 is 1.03 bits per heavy atom. The first-order chi connectivity index (χ1) is 16.9. The van der Waals surface area contributed by atoms with Crippen LogP contribution in [0.5, 0.6) is 5.75 Å². The van der Waals surface area contributed by atoms with E-state index in [-0.39, 0.29) is 23.6 Å². The van der Waals surface area contributed by atoms with Gasteiger partial charge in [0.15, 0.2) is 5.16 Å². The number of thioether (sulfide) groups is 1. The van der Waals surface area contributed by atoms with Crippen molar-refractivity contribution >= 4 is 35.0 Å². The van der Waals surface area contributed by atoms with Gasteiger partial charge in [0.2, 0.25) is 11.8 Å². The lowest BCUT2D eigenvalue weighted by atomic mass is 10.2. The summed E-state index contributed by atoms with van der Waals surface area (Å²) < 4.78 is 5.93. The highest BCUT2D eigenvalue weighted by molar-refractivity contribution is 7.99. The number of carbonyl (C=O) groups is 2. The second-order valence-electron chi connectivity index (χ2n) is 8.43. The van der Waals surface area contributed by atoms with Crippen LogP contribution in [0.15, 0.2) is 59.8 Å². The summed E-state index contributed by atoms with van der Waals surface area (Å²) in [7, 11) is 0. The maximum absolute atomic E-state index is 12.4. The van der Waals surface area contributed by atoms with Crippen LogP contribution >= 0.6 is 11.8 Å². The molecule has 2 heterocycles. The summed E-state index contributed by atoms with van der Waals surface area (Å²) >= 11 is 1.31. The van der Waals surface area contributed by atoms with Crippen LogP contribution in [0.4, 0.5) is 11.4 Å². The molecule has 1 unspecified atom stereocenters. The van der Waals surface area contributed by atoms with Gasteiger partial charge in [0, 0.05) is 28.8 Å². The Hall–Kier alpha value is -3.43. The first-order valence-electron chi connectivity index (χ1n) is 11.6. The zero-order valence-corrected chi connectivity index (χ0v) is 20.7. The molecular formula is C26H29N5O3S. The van der Waals surface area contributed by atoms with E-state index in [1.165, 1.54) is 11.8 Å². The van der Waals surface area contributed by atoms with Gasteiger partial charge in [-0.05, 0) is 69.1 Å². The van der Waals surface area contributed by atoms with Gasteiger partial charge in [0.25, 0.3) is 0 Å². The number of rotatable bonds is 9. The van der Waals surface area contributed by atoms with Crippen molar-refractivity contribution in [3.05, 3.63) is 71.5 Å². The minimum Gasteiger partial charge on any atom is -0.489 e. The van der Waals surface area contributed by atoms with Gasteiger partial charge in [-0.25, -0.2) is 9.97 Å². The highest BCUT2D eigenvalue weighted by Gasteiger charge is 2.21. The topological polar surface area (TPSA) is 105 Å². The molecular weight excluding hydrogens is 462 g/mol. The van der Waals surface area contributed by atoms with Gasteiger partial charge in [-0.15, -0.1) is 0 Å².